The number of rotatable bonds is 5. The van der Waals surface area contributed by atoms with Crippen molar-refractivity contribution in [2.75, 3.05) is 6.61 Å². The molecule has 1 aromatic heterocycles. The Kier molecular flexibility index (Phi) is 3.49. The standard InChI is InChI=1S/C8H7N3O5/c1-2-3-16-8-10-4(6(12)13)9-5(11-8)7(14)15/h2H,1,3H2,(H,12,13)(H,14,15). The molecule has 0 saturated carbocycles. The molecule has 84 valence electrons. The molecule has 2 N–H and O–H groups in total. The normalized spacial score (nSPS) is 9.50. The van der Waals surface area contributed by atoms with Gasteiger partial charge in [-0.15, -0.1) is 0 Å². The summed E-state index contributed by atoms with van der Waals surface area (Å²) in [7, 11) is 0. The van der Waals surface area contributed by atoms with Crippen LogP contribution in [0.15, 0.2) is 12.7 Å². The minimum Gasteiger partial charge on any atom is -0.475 e. The lowest BCUT2D eigenvalue weighted by atomic mass is 10.5. The van der Waals surface area contributed by atoms with Crippen LogP contribution in [0.1, 0.15) is 21.2 Å². The van der Waals surface area contributed by atoms with Gasteiger partial charge in [0, 0.05) is 0 Å². The van der Waals surface area contributed by atoms with Crippen molar-refractivity contribution in [3.05, 3.63) is 24.3 Å². The van der Waals surface area contributed by atoms with Gasteiger partial charge in [-0.1, -0.05) is 12.7 Å². The summed E-state index contributed by atoms with van der Waals surface area (Å²) in [5.74, 6) is -4.31. The van der Waals surface area contributed by atoms with Crippen LogP contribution in [0.25, 0.3) is 0 Å². The van der Waals surface area contributed by atoms with Crippen LogP contribution < -0.4 is 4.74 Å². The lowest BCUT2D eigenvalue weighted by Crippen LogP contribution is -2.14. The van der Waals surface area contributed by atoms with Crippen LogP contribution in [0.2, 0.25) is 0 Å². The van der Waals surface area contributed by atoms with E-state index < -0.39 is 23.6 Å². The highest BCUT2D eigenvalue weighted by atomic mass is 16.5. The van der Waals surface area contributed by atoms with Crippen LogP contribution in [0.4, 0.5) is 0 Å². The van der Waals surface area contributed by atoms with Gasteiger partial charge in [-0.05, 0) is 0 Å². The second-order valence-electron chi connectivity index (χ2n) is 2.48. The maximum Gasteiger partial charge on any atom is 0.374 e. The van der Waals surface area contributed by atoms with Gasteiger partial charge in [-0.25, -0.2) is 9.59 Å². The van der Waals surface area contributed by atoms with Crippen molar-refractivity contribution in [3.63, 3.8) is 0 Å². The quantitative estimate of drug-likeness (QED) is 0.662. The summed E-state index contributed by atoms with van der Waals surface area (Å²) in [4.78, 5) is 31.2. The molecule has 1 aromatic rings. The van der Waals surface area contributed by atoms with Crippen molar-refractivity contribution in [3.8, 4) is 6.01 Å². The Hall–Kier alpha value is -2.51. The molecule has 0 saturated heterocycles. The number of ether oxygens (including phenoxy) is 1. The fourth-order valence-corrected chi connectivity index (χ4v) is 0.746. The third-order valence-electron chi connectivity index (χ3n) is 1.33. The zero-order valence-corrected chi connectivity index (χ0v) is 7.95. The van der Waals surface area contributed by atoms with Gasteiger partial charge in [0.05, 0.1) is 0 Å². The SMILES string of the molecule is C=CCOc1nc(C(=O)O)nc(C(=O)O)n1. The average Bonchev–Trinajstić information content (AvgIpc) is 2.25. The van der Waals surface area contributed by atoms with Gasteiger partial charge in [-0.3, -0.25) is 0 Å². The summed E-state index contributed by atoms with van der Waals surface area (Å²) in [5, 5.41) is 17.2. The first kappa shape index (κ1) is 11.6. The van der Waals surface area contributed by atoms with E-state index in [1.165, 1.54) is 6.08 Å². The van der Waals surface area contributed by atoms with E-state index in [-0.39, 0.29) is 12.6 Å². The second-order valence-corrected chi connectivity index (χ2v) is 2.48. The Bertz CT molecular complexity index is 413. The largest absolute Gasteiger partial charge is 0.475 e. The molecule has 0 amide bonds. The molecule has 0 bridgehead atoms. The van der Waals surface area contributed by atoms with E-state index in [9.17, 15) is 9.59 Å². The van der Waals surface area contributed by atoms with Crippen LogP contribution in [0, 0.1) is 0 Å². The predicted molar refractivity (Wildman–Crippen MR) is 49.4 cm³/mol. The van der Waals surface area contributed by atoms with E-state index in [0.29, 0.717) is 0 Å². The minimum absolute atomic E-state index is 0.0299. The van der Waals surface area contributed by atoms with Gasteiger partial charge in [0.25, 0.3) is 0 Å². The summed E-state index contributed by atoms with van der Waals surface area (Å²) < 4.78 is 4.83. The maximum atomic E-state index is 10.6. The third kappa shape index (κ3) is 2.74. The molecule has 8 heteroatoms. The molecule has 1 heterocycles. The highest BCUT2D eigenvalue weighted by molar-refractivity contribution is 5.87. The number of carboxylic acid groups (broad SMARTS) is 2. The van der Waals surface area contributed by atoms with E-state index in [0.717, 1.165) is 0 Å². The fourth-order valence-electron chi connectivity index (χ4n) is 0.746. The van der Waals surface area contributed by atoms with E-state index >= 15 is 0 Å². The van der Waals surface area contributed by atoms with Gasteiger partial charge in [0.2, 0.25) is 11.6 Å². The van der Waals surface area contributed by atoms with Crippen LogP contribution in [0.3, 0.4) is 0 Å². The molecule has 0 aliphatic rings. The number of carbonyl (C=O) groups is 2. The summed E-state index contributed by atoms with van der Waals surface area (Å²) in [5.41, 5.74) is 0. The van der Waals surface area contributed by atoms with Crippen molar-refractivity contribution in [2.24, 2.45) is 0 Å². The summed E-state index contributed by atoms with van der Waals surface area (Å²) in [6.07, 6.45) is 1.38. The van der Waals surface area contributed by atoms with Gasteiger partial charge >= 0.3 is 17.9 Å². The van der Waals surface area contributed by atoms with E-state index in [2.05, 4.69) is 21.5 Å². The topological polar surface area (TPSA) is 122 Å². The zero-order chi connectivity index (χ0) is 12.1. The van der Waals surface area contributed by atoms with Crippen LogP contribution >= 0.6 is 0 Å². The predicted octanol–water partition coefficient (Wildman–Crippen LogP) is -0.167. The molecule has 0 radical (unpaired) electrons. The Morgan fingerprint density at radius 3 is 2.06 bits per heavy atom. The molecule has 0 aliphatic carbocycles. The van der Waals surface area contributed by atoms with Crippen LogP contribution in [-0.2, 0) is 0 Å². The number of aromatic nitrogens is 3. The summed E-state index contributed by atoms with van der Waals surface area (Å²) >= 11 is 0. The minimum atomic E-state index is -1.46. The van der Waals surface area contributed by atoms with Crippen molar-refractivity contribution in [2.45, 2.75) is 0 Å². The third-order valence-corrected chi connectivity index (χ3v) is 1.33. The Morgan fingerprint density at radius 1 is 1.19 bits per heavy atom. The van der Waals surface area contributed by atoms with Gasteiger partial charge in [-0.2, -0.15) is 15.0 Å². The Morgan fingerprint density at radius 2 is 1.69 bits per heavy atom. The lowest BCUT2D eigenvalue weighted by Gasteiger charge is -2.02. The number of aromatic carboxylic acids is 2. The molecule has 0 unspecified atom stereocenters. The second kappa shape index (κ2) is 4.82. The van der Waals surface area contributed by atoms with Gasteiger partial charge < -0.3 is 14.9 Å². The molecule has 0 aliphatic heterocycles. The first-order valence-electron chi connectivity index (χ1n) is 4.01. The summed E-state index contributed by atoms with van der Waals surface area (Å²) in [6, 6.07) is -0.371. The first-order chi connectivity index (χ1) is 7.54. The molecule has 0 aromatic carbocycles. The number of nitrogens with zero attached hydrogens (tertiary/aromatic N) is 3. The van der Waals surface area contributed by atoms with Crippen LogP contribution in [0.5, 0.6) is 6.01 Å². The van der Waals surface area contributed by atoms with Crippen LogP contribution in [-0.4, -0.2) is 43.7 Å². The van der Waals surface area contributed by atoms with E-state index in [4.69, 9.17) is 14.9 Å². The number of carboxylic acids is 2. The average molecular weight is 225 g/mol. The highest BCUT2D eigenvalue weighted by Crippen LogP contribution is 2.04. The molecule has 0 atom stereocenters. The molecular formula is C8H7N3O5. The molecule has 16 heavy (non-hydrogen) atoms. The van der Waals surface area contributed by atoms with Gasteiger partial charge in [0.1, 0.15) is 6.61 Å². The lowest BCUT2D eigenvalue weighted by molar-refractivity contribution is 0.0671. The van der Waals surface area contributed by atoms with Crippen molar-refractivity contribution in [1.82, 2.24) is 15.0 Å². The van der Waals surface area contributed by atoms with Crippen molar-refractivity contribution < 1.29 is 24.5 Å². The molecule has 0 spiro atoms. The molecule has 1 rings (SSSR count). The van der Waals surface area contributed by atoms with Crippen molar-refractivity contribution in [1.29, 1.82) is 0 Å². The fraction of sp³-hybridized carbons (Fsp3) is 0.125. The van der Waals surface area contributed by atoms with E-state index in [1.54, 1.807) is 0 Å². The molecule has 8 nitrogen and oxygen atoms in total. The summed E-state index contributed by atoms with van der Waals surface area (Å²) in [6.45, 7) is 3.39. The Labute approximate surface area is 89.3 Å². The van der Waals surface area contributed by atoms with E-state index in [1.807, 2.05) is 0 Å². The first-order valence-corrected chi connectivity index (χ1v) is 4.01. The smallest absolute Gasteiger partial charge is 0.374 e. The zero-order valence-electron chi connectivity index (χ0n) is 7.95. The highest BCUT2D eigenvalue weighted by Gasteiger charge is 2.16. The number of hydrogen-bond acceptors (Lipinski definition) is 6. The number of hydrogen-bond donors (Lipinski definition) is 2. The monoisotopic (exact) mass is 225 g/mol. The Balaban J connectivity index is 3.13. The molecular weight excluding hydrogens is 218 g/mol. The van der Waals surface area contributed by atoms with Crippen molar-refractivity contribution >= 4 is 11.9 Å². The maximum absolute atomic E-state index is 10.6. The van der Waals surface area contributed by atoms with Gasteiger partial charge in [0.15, 0.2) is 0 Å². The molecule has 0 fully saturated rings.